The van der Waals surface area contributed by atoms with Gasteiger partial charge in [0.2, 0.25) is 0 Å². The fourth-order valence-electron chi connectivity index (χ4n) is 1.50. The first kappa shape index (κ1) is 7.07. The van der Waals surface area contributed by atoms with Gasteiger partial charge in [0.25, 0.3) is 0 Å². The predicted molar refractivity (Wildman–Crippen MR) is 42.4 cm³/mol. The van der Waals surface area contributed by atoms with Crippen molar-refractivity contribution in [2.45, 2.75) is 19.1 Å². The van der Waals surface area contributed by atoms with E-state index in [0.29, 0.717) is 0 Å². The van der Waals surface area contributed by atoms with Crippen molar-refractivity contribution < 1.29 is 9.47 Å². The topological polar surface area (TPSA) is 18.5 Å². The van der Waals surface area contributed by atoms with E-state index < -0.39 is 0 Å². The summed E-state index contributed by atoms with van der Waals surface area (Å²) in [5.41, 5.74) is 1.26. The summed E-state index contributed by atoms with van der Waals surface area (Å²) in [5, 5.41) is 0. The lowest BCUT2D eigenvalue weighted by molar-refractivity contribution is -0.106. The molecule has 0 spiro atoms. The van der Waals surface area contributed by atoms with Crippen LogP contribution in [0.3, 0.4) is 0 Å². The zero-order valence-corrected chi connectivity index (χ0v) is 6.62. The number of rotatable bonds is 0. The third-order valence-corrected chi connectivity index (χ3v) is 2.10. The van der Waals surface area contributed by atoms with Crippen LogP contribution < -0.4 is 0 Å². The Morgan fingerprint density at radius 1 is 1.36 bits per heavy atom. The fourth-order valence-corrected chi connectivity index (χ4v) is 1.50. The van der Waals surface area contributed by atoms with Crippen molar-refractivity contribution in [3.8, 4) is 0 Å². The molecule has 60 valence electrons. The van der Waals surface area contributed by atoms with Crippen molar-refractivity contribution in [3.63, 3.8) is 0 Å². The Morgan fingerprint density at radius 3 is 3.00 bits per heavy atom. The average Bonchev–Trinajstić information content (AvgIpc) is 2.06. The van der Waals surface area contributed by atoms with Gasteiger partial charge in [-0.15, -0.1) is 0 Å². The minimum Gasteiger partial charge on any atom is -0.369 e. The van der Waals surface area contributed by atoms with Crippen LogP contribution in [0, 0.1) is 0 Å². The molecule has 1 aliphatic heterocycles. The summed E-state index contributed by atoms with van der Waals surface area (Å²) in [5.74, 6) is 0. The standard InChI is InChI=1S/C9H12O2/c1-7-3-2-4-8-9(7)11-6-5-10-8/h2-4,8-9H,5-6H2,1H3. The molecule has 2 heteroatoms. The number of hydrogen-bond donors (Lipinski definition) is 0. The van der Waals surface area contributed by atoms with Crippen LogP contribution in [0.15, 0.2) is 23.8 Å². The summed E-state index contributed by atoms with van der Waals surface area (Å²) in [6.07, 6.45) is 6.50. The van der Waals surface area contributed by atoms with Crippen molar-refractivity contribution in [3.05, 3.63) is 23.8 Å². The Bertz CT molecular complexity index is 206. The molecule has 0 amide bonds. The van der Waals surface area contributed by atoms with Gasteiger partial charge in [0, 0.05) is 0 Å². The Hall–Kier alpha value is -0.600. The third kappa shape index (κ3) is 1.24. The summed E-state index contributed by atoms with van der Waals surface area (Å²) in [6.45, 7) is 3.52. The number of fused-ring (bicyclic) bond motifs is 1. The Labute approximate surface area is 66.5 Å². The monoisotopic (exact) mass is 152 g/mol. The maximum atomic E-state index is 5.55. The van der Waals surface area contributed by atoms with Gasteiger partial charge in [-0.25, -0.2) is 0 Å². The molecule has 1 heterocycles. The molecule has 0 radical (unpaired) electrons. The molecule has 1 aliphatic carbocycles. The van der Waals surface area contributed by atoms with Gasteiger partial charge < -0.3 is 9.47 Å². The SMILES string of the molecule is CC1=CC=CC2OCCOC12. The van der Waals surface area contributed by atoms with Crippen LogP contribution in [0.5, 0.6) is 0 Å². The van der Waals surface area contributed by atoms with Gasteiger partial charge in [-0.1, -0.05) is 18.2 Å². The molecular weight excluding hydrogens is 140 g/mol. The van der Waals surface area contributed by atoms with Crippen molar-refractivity contribution >= 4 is 0 Å². The van der Waals surface area contributed by atoms with E-state index in [0.717, 1.165) is 13.2 Å². The fraction of sp³-hybridized carbons (Fsp3) is 0.556. The van der Waals surface area contributed by atoms with Crippen LogP contribution in [0.4, 0.5) is 0 Å². The maximum absolute atomic E-state index is 5.55. The molecule has 1 saturated heterocycles. The van der Waals surface area contributed by atoms with E-state index >= 15 is 0 Å². The van der Waals surface area contributed by atoms with Gasteiger partial charge in [-0.2, -0.15) is 0 Å². The molecule has 2 atom stereocenters. The highest BCUT2D eigenvalue weighted by molar-refractivity contribution is 5.24. The number of ether oxygens (including phenoxy) is 2. The van der Waals surface area contributed by atoms with E-state index in [1.807, 2.05) is 6.08 Å². The van der Waals surface area contributed by atoms with E-state index in [9.17, 15) is 0 Å². The number of allylic oxidation sites excluding steroid dienone is 2. The van der Waals surface area contributed by atoms with Crippen molar-refractivity contribution in [1.82, 2.24) is 0 Å². The lowest BCUT2D eigenvalue weighted by Crippen LogP contribution is -2.38. The molecular formula is C9H12O2. The lowest BCUT2D eigenvalue weighted by Gasteiger charge is -2.32. The van der Waals surface area contributed by atoms with Crippen molar-refractivity contribution in [2.24, 2.45) is 0 Å². The van der Waals surface area contributed by atoms with E-state index in [1.54, 1.807) is 0 Å². The molecule has 2 aliphatic rings. The second kappa shape index (κ2) is 2.80. The van der Waals surface area contributed by atoms with E-state index in [1.165, 1.54) is 5.57 Å². The van der Waals surface area contributed by atoms with Gasteiger partial charge in [0.05, 0.1) is 13.2 Å². The molecule has 0 saturated carbocycles. The summed E-state index contributed by atoms with van der Waals surface area (Å²) in [7, 11) is 0. The molecule has 0 aromatic rings. The smallest absolute Gasteiger partial charge is 0.108 e. The Morgan fingerprint density at radius 2 is 2.18 bits per heavy atom. The van der Waals surface area contributed by atoms with Crippen molar-refractivity contribution in [1.29, 1.82) is 0 Å². The molecule has 11 heavy (non-hydrogen) atoms. The minimum absolute atomic E-state index is 0.161. The molecule has 0 aromatic carbocycles. The maximum Gasteiger partial charge on any atom is 0.108 e. The Kier molecular flexibility index (Phi) is 1.80. The van der Waals surface area contributed by atoms with Gasteiger partial charge in [-0.3, -0.25) is 0 Å². The first-order chi connectivity index (χ1) is 5.38. The molecule has 0 aromatic heterocycles. The summed E-state index contributed by atoms with van der Waals surface area (Å²) in [4.78, 5) is 0. The quantitative estimate of drug-likeness (QED) is 0.520. The van der Waals surface area contributed by atoms with Crippen LogP contribution in [0.1, 0.15) is 6.92 Å². The molecule has 2 nitrogen and oxygen atoms in total. The normalized spacial score (nSPS) is 36.3. The minimum atomic E-state index is 0.161. The first-order valence-corrected chi connectivity index (χ1v) is 3.96. The van der Waals surface area contributed by atoms with Crippen molar-refractivity contribution in [2.75, 3.05) is 13.2 Å². The van der Waals surface area contributed by atoms with Crippen LogP contribution in [0.2, 0.25) is 0 Å². The van der Waals surface area contributed by atoms with Gasteiger partial charge in [0.15, 0.2) is 0 Å². The van der Waals surface area contributed by atoms with E-state index in [-0.39, 0.29) is 12.2 Å². The van der Waals surface area contributed by atoms with Crippen LogP contribution in [-0.4, -0.2) is 25.4 Å². The van der Waals surface area contributed by atoms with Gasteiger partial charge >= 0.3 is 0 Å². The van der Waals surface area contributed by atoms with E-state index in [2.05, 4.69) is 19.1 Å². The zero-order chi connectivity index (χ0) is 7.68. The summed E-state index contributed by atoms with van der Waals surface area (Å²) in [6, 6.07) is 0. The highest BCUT2D eigenvalue weighted by Gasteiger charge is 2.27. The van der Waals surface area contributed by atoms with E-state index in [4.69, 9.17) is 9.47 Å². The third-order valence-electron chi connectivity index (χ3n) is 2.10. The van der Waals surface area contributed by atoms with Crippen LogP contribution >= 0.6 is 0 Å². The first-order valence-electron chi connectivity index (χ1n) is 3.96. The largest absolute Gasteiger partial charge is 0.369 e. The van der Waals surface area contributed by atoms with Gasteiger partial charge in [0.1, 0.15) is 12.2 Å². The molecule has 2 rings (SSSR count). The molecule has 0 N–H and O–H groups in total. The van der Waals surface area contributed by atoms with Crippen LogP contribution in [0.25, 0.3) is 0 Å². The second-order valence-electron chi connectivity index (χ2n) is 2.92. The predicted octanol–water partition coefficient (Wildman–Crippen LogP) is 1.29. The molecule has 0 bridgehead atoms. The highest BCUT2D eigenvalue weighted by Crippen LogP contribution is 2.21. The summed E-state index contributed by atoms with van der Waals surface area (Å²) >= 11 is 0. The number of hydrogen-bond acceptors (Lipinski definition) is 2. The second-order valence-corrected chi connectivity index (χ2v) is 2.92. The molecule has 2 unspecified atom stereocenters. The summed E-state index contributed by atoms with van der Waals surface area (Å²) < 4.78 is 11.0. The lowest BCUT2D eigenvalue weighted by atomic mass is 10.00. The highest BCUT2D eigenvalue weighted by atomic mass is 16.6. The van der Waals surface area contributed by atoms with Gasteiger partial charge in [-0.05, 0) is 12.5 Å². The zero-order valence-electron chi connectivity index (χ0n) is 6.62. The van der Waals surface area contributed by atoms with Crippen LogP contribution in [-0.2, 0) is 9.47 Å². The molecule has 1 fully saturated rings. The average molecular weight is 152 g/mol. The Balaban J connectivity index is 2.16.